The van der Waals surface area contributed by atoms with E-state index in [4.69, 9.17) is 0 Å². The lowest BCUT2D eigenvalue weighted by Gasteiger charge is -2.09. The number of halogens is 3. The number of nitrogens with one attached hydrogen (secondary N) is 1. The number of alkyl halides is 3. The summed E-state index contributed by atoms with van der Waals surface area (Å²) in [6.07, 6.45) is -3.40. The van der Waals surface area contributed by atoms with Crippen LogP contribution in [0.4, 0.5) is 13.2 Å². The van der Waals surface area contributed by atoms with E-state index in [1.807, 2.05) is 0 Å². The Bertz CT molecular complexity index is 703. The van der Waals surface area contributed by atoms with Crippen LogP contribution in [0.3, 0.4) is 0 Å². The van der Waals surface area contributed by atoms with Crippen molar-refractivity contribution in [2.45, 2.75) is 24.2 Å². The number of hydrogen-bond acceptors (Lipinski definition) is 6. The molecule has 12 heteroatoms. The maximum atomic E-state index is 12.0. The lowest BCUT2D eigenvalue weighted by molar-refractivity contribution is -0.136. The maximum Gasteiger partial charge on any atom is 0.405 e. The minimum atomic E-state index is -4.44. The predicted molar refractivity (Wildman–Crippen MR) is 81.3 cm³/mol. The molecule has 7 nitrogen and oxygen atoms in total. The van der Waals surface area contributed by atoms with E-state index < -0.39 is 28.5 Å². The summed E-state index contributed by atoms with van der Waals surface area (Å²) in [6, 6.07) is 0. The molecule has 1 N–H and O–H groups in total. The van der Waals surface area contributed by atoms with E-state index in [1.54, 1.807) is 16.9 Å². The van der Waals surface area contributed by atoms with Crippen molar-refractivity contribution in [1.82, 2.24) is 20.1 Å². The molecule has 1 saturated heterocycles. The van der Waals surface area contributed by atoms with Gasteiger partial charge in [-0.1, -0.05) is 11.8 Å². The summed E-state index contributed by atoms with van der Waals surface area (Å²) in [7, 11) is -1.29. The van der Waals surface area contributed by atoms with Crippen molar-refractivity contribution >= 4 is 27.5 Å². The van der Waals surface area contributed by atoms with Gasteiger partial charge in [-0.3, -0.25) is 4.79 Å². The molecular formula is C12H17F3N4O3S2. The van der Waals surface area contributed by atoms with Crippen molar-refractivity contribution in [3.63, 3.8) is 0 Å². The Labute approximate surface area is 141 Å². The molecule has 0 saturated carbocycles. The average molecular weight is 386 g/mol. The predicted octanol–water partition coefficient (Wildman–Crippen LogP) is 0.563. The van der Waals surface area contributed by atoms with Gasteiger partial charge in [0, 0.05) is 13.5 Å². The average Bonchev–Trinajstić information content (AvgIpc) is 2.98. The molecule has 1 amide bonds. The van der Waals surface area contributed by atoms with Gasteiger partial charge in [0.1, 0.15) is 12.4 Å². The van der Waals surface area contributed by atoms with E-state index in [2.05, 4.69) is 10.2 Å². The largest absolute Gasteiger partial charge is 0.405 e. The fourth-order valence-corrected chi connectivity index (χ4v) is 4.94. The summed E-state index contributed by atoms with van der Waals surface area (Å²) < 4.78 is 60.6. The standard InChI is InChI=1S/C12H17F3N4O3S2/c1-19-9(4-8-2-3-24(21,22)6-8)17-18-11(19)23-5-10(20)16-7-12(13,14)15/h8H,2-7H2,1H3,(H,16,20)/t8-/m1/s1. The normalized spacial score (nSPS) is 20.2. The van der Waals surface area contributed by atoms with Crippen LogP contribution < -0.4 is 5.32 Å². The molecule has 1 aliphatic heterocycles. The van der Waals surface area contributed by atoms with Gasteiger partial charge in [0.15, 0.2) is 15.0 Å². The first-order valence-corrected chi connectivity index (χ1v) is 9.91. The van der Waals surface area contributed by atoms with Gasteiger partial charge in [0.25, 0.3) is 0 Å². The van der Waals surface area contributed by atoms with Crippen LogP contribution in [0.1, 0.15) is 12.2 Å². The minimum absolute atomic E-state index is 0.00849. The molecule has 0 radical (unpaired) electrons. The van der Waals surface area contributed by atoms with Gasteiger partial charge in [-0.2, -0.15) is 13.2 Å². The highest BCUT2D eigenvalue weighted by atomic mass is 32.2. The Morgan fingerprint density at radius 2 is 2.12 bits per heavy atom. The van der Waals surface area contributed by atoms with Gasteiger partial charge >= 0.3 is 6.18 Å². The zero-order valence-electron chi connectivity index (χ0n) is 12.8. The number of hydrogen-bond donors (Lipinski definition) is 1. The molecule has 24 heavy (non-hydrogen) atoms. The molecule has 2 heterocycles. The second kappa shape index (κ2) is 7.30. The van der Waals surface area contributed by atoms with Gasteiger partial charge < -0.3 is 9.88 Å². The maximum absolute atomic E-state index is 12.0. The van der Waals surface area contributed by atoms with Crippen molar-refractivity contribution < 1.29 is 26.4 Å². The molecule has 1 aromatic heterocycles. The summed E-state index contributed by atoms with van der Waals surface area (Å²) in [6.45, 7) is -1.37. The van der Waals surface area contributed by atoms with Crippen LogP contribution in [0.5, 0.6) is 0 Å². The van der Waals surface area contributed by atoms with Crippen molar-refractivity contribution in [2.24, 2.45) is 13.0 Å². The highest BCUT2D eigenvalue weighted by molar-refractivity contribution is 7.99. The topological polar surface area (TPSA) is 93.9 Å². The number of amides is 1. The van der Waals surface area contributed by atoms with Crippen molar-refractivity contribution in [3.05, 3.63) is 5.82 Å². The van der Waals surface area contributed by atoms with E-state index in [9.17, 15) is 26.4 Å². The van der Waals surface area contributed by atoms with Crippen LogP contribution in [0, 0.1) is 5.92 Å². The van der Waals surface area contributed by atoms with Gasteiger partial charge in [-0.15, -0.1) is 10.2 Å². The first kappa shape index (κ1) is 19.0. The second-order valence-electron chi connectivity index (χ2n) is 5.61. The number of sulfone groups is 1. The molecule has 0 aromatic carbocycles. The Hall–Kier alpha value is -1.30. The van der Waals surface area contributed by atoms with Crippen molar-refractivity contribution in [2.75, 3.05) is 23.8 Å². The van der Waals surface area contributed by atoms with Crippen LogP contribution in [0.2, 0.25) is 0 Å². The molecule has 0 spiro atoms. The number of nitrogens with zero attached hydrogens (tertiary/aromatic N) is 3. The van der Waals surface area contributed by atoms with E-state index >= 15 is 0 Å². The second-order valence-corrected chi connectivity index (χ2v) is 8.78. The minimum Gasteiger partial charge on any atom is -0.346 e. The fourth-order valence-electron chi connectivity index (χ4n) is 2.32. The Balaban J connectivity index is 1.85. The molecule has 1 aromatic rings. The monoisotopic (exact) mass is 386 g/mol. The van der Waals surface area contributed by atoms with Gasteiger partial charge in [0.05, 0.1) is 17.3 Å². The smallest absolute Gasteiger partial charge is 0.346 e. The van der Waals surface area contributed by atoms with Crippen LogP contribution in [0.25, 0.3) is 0 Å². The van der Waals surface area contributed by atoms with Crippen LogP contribution >= 0.6 is 11.8 Å². The molecule has 0 unspecified atom stereocenters. The third-order valence-electron chi connectivity index (χ3n) is 3.54. The van der Waals surface area contributed by atoms with Crippen molar-refractivity contribution in [1.29, 1.82) is 0 Å². The fraction of sp³-hybridized carbons (Fsp3) is 0.750. The number of rotatable bonds is 6. The quantitative estimate of drug-likeness (QED) is 0.718. The third kappa shape index (κ3) is 5.65. The lowest BCUT2D eigenvalue weighted by Crippen LogP contribution is -2.34. The van der Waals surface area contributed by atoms with E-state index in [0.29, 0.717) is 23.8 Å². The van der Waals surface area contributed by atoms with Crippen LogP contribution in [-0.4, -0.2) is 59.1 Å². The number of aromatic nitrogens is 3. The summed E-state index contributed by atoms with van der Waals surface area (Å²) >= 11 is 0.976. The van der Waals surface area contributed by atoms with E-state index in [1.165, 1.54) is 0 Å². The van der Waals surface area contributed by atoms with Crippen LogP contribution in [0.15, 0.2) is 5.16 Å². The molecular weight excluding hydrogens is 369 g/mol. The van der Waals surface area contributed by atoms with Gasteiger partial charge in [-0.05, 0) is 12.3 Å². The zero-order valence-corrected chi connectivity index (χ0v) is 14.5. The van der Waals surface area contributed by atoms with Gasteiger partial charge in [-0.25, -0.2) is 8.42 Å². The summed E-state index contributed by atoms with van der Waals surface area (Å²) in [4.78, 5) is 11.4. The SMILES string of the molecule is Cn1c(C[C@H]2CCS(=O)(=O)C2)nnc1SCC(=O)NCC(F)(F)F. The molecule has 2 rings (SSSR count). The number of thioether (sulfide) groups is 1. The van der Waals surface area contributed by atoms with Crippen LogP contribution in [-0.2, 0) is 28.1 Å². The molecule has 1 aliphatic rings. The summed E-state index contributed by atoms with van der Waals surface area (Å²) in [5.41, 5.74) is 0. The van der Waals surface area contributed by atoms with E-state index in [0.717, 1.165) is 11.8 Å². The molecule has 1 fully saturated rings. The lowest BCUT2D eigenvalue weighted by atomic mass is 10.1. The first-order chi connectivity index (χ1) is 11.1. The van der Waals surface area contributed by atoms with Crippen molar-refractivity contribution in [3.8, 4) is 0 Å². The molecule has 0 bridgehead atoms. The van der Waals surface area contributed by atoms with E-state index in [-0.39, 0.29) is 23.2 Å². The number of carbonyl (C=O) groups is 1. The number of carbonyl (C=O) groups excluding carboxylic acids is 1. The summed E-state index contributed by atoms with van der Waals surface area (Å²) in [5, 5.41) is 10.0. The Morgan fingerprint density at radius 3 is 2.71 bits per heavy atom. The zero-order chi connectivity index (χ0) is 18.0. The first-order valence-electron chi connectivity index (χ1n) is 7.11. The highest BCUT2D eigenvalue weighted by Crippen LogP contribution is 2.23. The molecule has 0 aliphatic carbocycles. The molecule has 136 valence electrons. The third-order valence-corrected chi connectivity index (χ3v) is 6.40. The highest BCUT2D eigenvalue weighted by Gasteiger charge is 2.30. The Kier molecular flexibility index (Phi) is 5.78. The molecule has 1 atom stereocenters. The van der Waals surface area contributed by atoms with Gasteiger partial charge in [0.2, 0.25) is 5.91 Å². The summed E-state index contributed by atoms with van der Waals surface area (Å²) in [5.74, 6) is -0.0664. The Morgan fingerprint density at radius 1 is 1.42 bits per heavy atom.